The number of thiophene rings is 1. The van der Waals surface area contributed by atoms with Crippen molar-refractivity contribution in [2.24, 2.45) is 0 Å². The molecule has 4 heteroatoms. The Morgan fingerprint density at radius 3 is 2.40 bits per heavy atom. The van der Waals surface area contributed by atoms with Crippen molar-refractivity contribution in [2.75, 3.05) is 5.32 Å². The smallest absolute Gasteiger partial charge is 0.160 e. The van der Waals surface area contributed by atoms with E-state index in [1.807, 2.05) is 6.07 Å². The Bertz CT molecular complexity index is 1360. The summed E-state index contributed by atoms with van der Waals surface area (Å²) in [6, 6.07) is 15.0. The summed E-state index contributed by atoms with van der Waals surface area (Å²) in [7, 11) is 0. The van der Waals surface area contributed by atoms with Gasteiger partial charge in [-0.15, -0.1) is 11.3 Å². The van der Waals surface area contributed by atoms with E-state index in [1.165, 1.54) is 34.1 Å². The van der Waals surface area contributed by atoms with Crippen molar-refractivity contribution in [3.05, 3.63) is 58.6 Å². The fourth-order valence-electron chi connectivity index (χ4n) is 5.06. The molecule has 0 radical (unpaired) electrons. The molecule has 0 spiro atoms. The van der Waals surface area contributed by atoms with E-state index in [2.05, 4.69) is 69.4 Å². The van der Waals surface area contributed by atoms with E-state index in [1.54, 1.807) is 11.3 Å². The molecule has 1 aromatic heterocycles. The van der Waals surface area contributed by atoms with E-state index in [0.29, 0.717) is 0 Å². The predicted octanol–water partition coefficient (Wildman–Crippen LogP) is 8.91. The van der Waals surface area contributed by atoms with Crippen molar-refractivity contribution in [1.82, 2.24) is 0 Å². The average molecular weight is 434 g/mol. The van der Waals surface area contributed by atoms with E-state index in [-0.39, 0.29) is 10.8 Å². The fraction of sp³-hybridized carbons (Fsp3) is 0.308. The molecule has 0 unspecified atom stereocenters. The first kappa shape index (κ1) is 18.5. The first-order chi connectivity index (χ1) is 14.2. The molecule has 1 aliphatic heterocycles. The highest BCUT2D eigenvalue weighted by atomic mass is 35.5. The van der Waals surface area contributed by atoms with Crippen LogP contribution in [0.25, 0.3) is 20.2 Å². The molecule has 152 valence electrons. The Balaban J connectivity index is 1.60. The van der Waals surface area contributed by atoms with Gasteiger partial charge >= 0.3 is 0 Å². The lowest BCUT2D eigenvalue weighted by atomic mass is 9.63. The number of benzene rings is 3. The third-order valence-corrected chi connectivity index (χ3v) is 8.60. The van der Waals surface area contributed by atoms with Crippen molar-refractivity contribution >= 4 is 54.5 Å². The maximum Gasteiger partial charge on any atom is 0.160 e. The van der Waals surface area contributed by atoms with Gasteiger partial charge in [0.1, 0.15) is 0 Å². The highest BCUT2D eigenvalue weighted by Crippen LogP contribution is 2.55. The van der Waals surface area contributed by atoms with Crippen LogP contribution in [0.5, 0.6) is 11.5 Å². The molecule has 2 aliphatic rings. The lowest BCUT2D eigenvalue weighted by Gasteiger charge is -2.42. The predicted molar refractivity (Wildman–Crippen MR) is 129 cm³/mol. The van der Waals surface area contributed by atoms with Gasteiger partial charge in [0.05, 0.1) is 21.1 Å². The number of hydrogen-bond acceptors (Lipinski definition) is 3. The number of nitrogens with one attached hydrogen (secondary N) is 1. The first-order valence-corrected chi connectivity index (χ1v) is 11.7. The first-order valence-electron chi connectivity index (χ1n) is 10.5. The van der Waals surface area contributed by atoms with E-state index in [4.69, 9.17) is 16.3 Å². The molecule has 0 saturated heterocycles. The zero-order chi connectivity index (χ0) is 20.8. The number of anilines is 2. The Kier molecular flexibility index (Phi) is 3.66. The molecule has 0 saturated carbocycles. The molecule has 1 N–H and O–H groups in total. The molecule has 30 heavy (non-hydrogen) atoms. The quantitative estimate of drug-likeness (QED) is 0.263. The Morgan fingerprint density at radius 1 is 0.933 bits per heavy atom. The van der Waals surface area contributed by atoms with Crippen LogP contribution in [0.2, 0.25) is 5.02 Å². The topological polar surface area (TPSA) is 21.3 Å². The minimum Gasteiger partial charge on any atom is -0.452 e. The van der Waals surface area contributed by atoms with Crippen LogP contribution in [0.15, 0.2) is 42.5 Å². The van der Waals surface area contributed by atoms with Crippen LogP contribution < -0.4 is 10.1 Å². The van der Waals surface area contributed by atoms with Crippen LogP contribution in [0.4, 0.5) is 11.4 Å². The molecular formula is C26H24ClNOS. The third kappa shape index (κ3) is 2.48. The summed E-state index contributed by atoms with van der Waals surface area (Å²) < 4.78 is 8.94. The summed E-state index contributed by atoms with van der Waals surface area (Å²) in [6.07, 6.45) is 2.38. The van der Waals surface area contributed by atoms with Crippen LogP contribution in [0.1, 0.15) is 51.7 Å². The summed E-state index contributed by atoms with van der Waals surface area (Å²) in [6.45, 7) is 9.40. The summed E-state index contributed by atoms with van der Waals surface area (Å²) >= 11 is 8.43. The van der Waals surface area contributed by atoms with Crippen molar-refractivity contribution in [3.8, 4) is 11.5 Å². The monoisotopic (exact) mass is 433 g/mol. The summed E-state index contributed by atoms with van der Waals surface area (Å²) in [5, 5.41) is 6.71. The molecule has 0 bridgehead atoms. The second kappa shape index (κ2) is 5.93. The van der Waals surface area contributed by atoms with Crippen LogP contribution in [-0.2, 0) is 10.8 Å². The molecule has 1 aliphatic carbocycles. The minimum absolute atomic E-state index is 0.147. The fourth-order valence-corrected chi connectivity index (χ4v) is 6.49. The maximum atomic E-state index is 6.71. The van der Waals surface area contributed by atoms with E-state index < -0.39 is 0 Å². The highest BCUT2D eigenvalue weighted by molar-refractivity contribution is 7.26. The van der Waals surface area contributed by atoms with Gasteiger partial charge in [-0.2, -0.15) is 0 Å². The summed E-state index contributed by atoms with van der Waals surface area (Å²) in [4.78, 5) is 0. The summed E-state index contributed by atoms with van der Waals surface area (Å²) in [5.41, 5.74) is 5.10. The van der Waals surface area contributed by atoms with Crippen LogP contribution in [0.3, 0.4) is 0 Å². The largest absolute Gasteiger partial charge is 0.452 e. The lowest BCUT2D eigenvalue weighted by molar-refractivity contribution is 0.330. The number of halogens is 1. The highest BCUT2D eigenvalue weighted by Gasteiger charge is 2.38. The van der Waals surface area contributed by atoms with Gasteiger partial charge in [0, 0.05) is 15.5 Å². The second-order valence-corrected chi connectivity index (χ2v) is 11.4. The molecule has 4 aromatic rings. The second-order valence-electron chi connectivity index (χ2n) is 9.93. The maximum absolute atomic E-state index is 6.71. The minimum atomic E-state index is 0.147. The Labute approximate surface area is 185 Å². The van der Waals surface area contributed by atoms with Crippen molar-refractivity contribution in [1.29, 1.82) is 0 Å². The number of fused-ring (bicyclic) bond motifs is 7. The number of ether oxygens (including phenoxy) is 1. The van der Waals surface area contributed by atoms with Gasteiger partial charge in [-0.1, -0.05) is 57.5 Å². The van der Waals surface area contributed by atoms with Crippen LogP contribution in [0, 0.1) is 0 Å². The van der Waals surface area contributed by atoms with E-state index in [9.17, 15) is 0 Å². The Hall–Kier alpha value is -2.23. The van der Waals surface area contributed by atoms with Gasteiger partial charge in [0.15, 0.2) is 11.5 Å². The third-order valence-electron chi connectivity index (χ3n) is 6.99. The number of hydrogen-bond donors (Lipinski definition) is 1. The van der Waals surface area contributed by atoms with E-state index >= 15 is 0 Å². The SMILES string of the molecule is CC1(C)CCC(C)(C)c2cc3c(cc21)Nc1cc(Cl)c2sc4ccccc4c2c1O3. The molecule has 2 heterocycles. The molecule has 0 amide bonds. The van der Waals surface area contributed by atoms with E-state index in [0.717, 1.165) is 38.0 Å². The molecule has 6 rings (SSSR count). The van der Waals surface area contributed by atoms with Gasteiger partial charge in [-0.05, 0) is 59.1 Å². The molecular weight excluding hydrogens is 410 g/mol. The number of rotatable bonds is 0. The normalized spacial score (nSPS) is 18.3. The van der Waals surface area contributed by atoms with Gasteiger partial charge < -0.3 is 10.1 Å². The van der Waals surface area contributed by atoms with Gasteiger partial charge in [0.2, 0.25) is 0 Å². The van der Waals surface area contributed by atoms with Gasteiger partial charge in [-0.25, -0.2) is 0 Å². The molecule has 3 aromatic carbocycles. The lowest BCUT2D eigenvalue weighted by Crippen LogP contribution is -2.34. The standard InChI is InChI=1S/C26H24ClNOS/c1-25(2)9-10-26(3,4)16-12-20-18(11-15(16)25)28-19-13-17(27)24-22(23(19)29-20)14-7-5-6-8-21(14)30-24/h5-8,11-13,28H,9-10H2,1-4H3. The Morgan fingerprint density at radius 2 is 1.63 bits per heavy atom. The zero-order valence-electron chi connectivity index (χ0n) is 17.7. The average Bonchev–Trinajstić information content (AvgIpc) is 3.10. The zero-order valence-corrected chi connectivity index (χ0v) is 19.2. The van der Waals surface area contributed by atoms with Crippen LogP contribution >= 0.6 is 22.9 Å². The van der Waals surface area contributed by atoms with Crippen molar-refractivity contribution in [2.45, 2.75) is 51.4 Å². The molecule has 2 nitrogen and oxygen atoms in total. The van der Waals surface area contributed by atoms with Gasteiger partial charge in [0.25, 0.3) is 0 Å². The van der Waals surface area contributed by atoms with Gasteiger partial charge in [-0.3, -0.25) is 0 Å². The van der Waals surface area contributed by atoms with Crippen molar-refractivity contribution in [3.63, 3.8) is 0 Å². The van der Waals surface area contributed by atoms with Crippen molar-refractivity contribution < 1.29 is 4.74 Å². The molecule has 0 fully saturated rings. The molecule has 0 atom stereocenters. The van der Waals surface area contributed by atoms with Crippen LogP contribution in [-0.4, -0.2) is 0 Å². The summed E-state index contributed by atoms with van der Waals surface area (Å²) in [5.74, 6) is 1.79.